The highest BCUT2D eigenvalue weighted by atomic mass is 19.1. The van der Waals surface area contributed by atoms with Crippen molar-refractivity contribution in [2.24, 2.45) is 0 Å². The van der Waals surface area contributed by atoms with Gasteiger partial charge in [-0.05, 0) is 52.4 Å². The maximum absolute atomic E-state index is 13.5. The van der Waals surface area contributed by atoms with E-state index >= 15 is 0 Å². The van der Waals surface area contributed by atoms with Crippen LogP contribution < -0.4 is 5.32 Å². The van der Waals surface area contributed by atoms with E-state index < -0.39 is 0 Å². The molecule has 0 aliphatic rings. The zero-order valence-electron chi connectivity index (χ0n) is 14.6. The lowest BCUT2D eigenvalue weighted by molar-refractivity contribution is 0.102. The molecule has 0 atom stereocenters. The molecule has 2 N–H and O–H groups in total. The van der Waals surface area contributed by atoms with E-state index in [1.54, 1.807) is 36.4 Å². The van der Waals surface area contributed by atoms with Crippen molar-refractivity contribution in [3.05, 3.63) is 89.6 Å². The Hall–Kier alpha value is -3.94. The first kappa shape index (κ1) is 17.5. The molecule has 0 saturated carbocycles. The molecule has 138 valence electrons. The van der Waals surface area contributed by atoms with Gasteiger partial charge in [0.25, 0.3) is 5.91 Å². The lowest BCUT2D eigenvalue weighted by atomic mass is 10.1. The monoisotopic (exact) mass is 374 g/mol. The highest BCUT2D eigenvalue weighted by Gasteiger charge is 2.10. The average molecular weight is 374 g/mol. The minimum Gasteiger partial charge on any atom is -0.321 e. The van der Waals surface area contributed by atoms with Gasteiger partial charge < -0.3 is 5.32 Å². The van der Waals surface area contributed by atoms with Crippen LogP contribution in [0.4, 0.5) is 10.1 Å². The molecule has 2 aromatic carbocycles. The molecular formula is C20H15FN6O. The van der Waals surface area contributed by atoms with Crippen LogP contribution in [0.15, 0.2) is 66.7 Å². The molecule has 1 amide bonds. The summed E-state index contributed by atoms with van der Waals surface area (Å²) >= 11 is 0. The van der Waals surface area contributed by atoms with Gasteiger partial charge in [0.2, 0.25) is 0 Å². The summed E-state index contributed by atoms with van der Waals surface area (Å²) in [5.74, 6) is -0.0717. The fraction of sp³-hybridized carbons (Fsp3) is 0.0500. The number of amides is 1. The Kier molecular flexibility index (Phi) is 4.83. The van der Waals surface area contributed by atoms with Gasteiger partial charge in [-0.15, -0.1) is 5.10 Å². The fourth-order valence-electron chi connectivity index (χ4n) is 2.77. The van der Waals surface area contributed by atoms with Crippen LogP contribution in [0.2, 0.25) is 0 Å². The molecule has 4 rings (SSSR count). The number of pyridine rings is 1. The zero-order chi connectivity index (χ0) is 19.3. The average Bonchev–Trinajstić information content (AvgIpc) is 3.21. The highest BCUT2D eigenvalue weighted by Crippen LogP contribution is 2.19. The van der Waals surface area contributed by atoms with Crippen LogP contribution in [0, 0.1) is 5.82 Å². The number of aromatic nitrogens is 5. The van der Waals surface area contributed by atoms with E-state index in [-0.39, 0.29) is 17.4 Å². The highest BCUT2D eigenvalue weighted by molar-refractivity contribution is 6.03. The van der Waals surface area contributed by atoms with E-state index in [2.05, 4.69) is 30.9 Å². The maximum atomic E-state index is 13.5. The lowest BCUT2D eigenvalue weighted by Gasteiger charge is -2.08. The summed E-state index contributed by atoms with van der Waals surface area (Å²) in [7, 11) is 0. The zero-order valence-corrected chi connectivity index (χ0v) is 14.6. The number of anilines is 1. The molecule has 7 nitrogen and oxygen atoms in total. The van der Waals surface area contributed by atoms with Crippen LogP contribution in [0.3, 0.4) is 0 Å². The van der Waals surface area contributed by atoms with Gasteiger partial charge in [-0.1, -0.05) is 30.3 Å². The second kappa shape index (κ2) is 7.75. The van der Waals surface area contributed by atoms with Crippen LogP contribution >= 0.6 is 0 Å². The van der Waals surface area contributed by atoms with Crippen molar-refractivity contribution in [1.29, 1.82) is 0 Å². The number of nitrogens with one attached hydrogen (secondary N) is 2. The van der Waals surface area contributed by atoms with Gasteiger partial charge in [-0.25, -0.2) is 14.5 Å². The molecule has 0 fully saturated rings. The smallest absolute Gasteiger partial charge is 0.274 e. The van der Waals surface area contributed by atoms with E-state index in [1.165, 1.54) is 12.1 Å². The largest absolute Gasteiger partial charge is 0.321 e. The molecule has 0 aliphatic carbocycles. The van der Waals surface area contributed by atoms with Gasteiger partial charge in [0.1, 0.15) is 11.5 Å². The third kappa shape index (κ3) is 4.07. The molecule has 2 aromatic heterocycles. The van der Waals surface area contributed by atoms with Crippen LogP contribution in [0.25, 0.3) is 11.3 Å². The molecule has 2 heterocycles. The number of halogens is 1. The minimum atomic E-state index is -0.354. The Bertz CT molecular complexity index is 1110. The topological polar surface area (TPSA) is 96.5 Å². The molecule has 4 aromatic rings. The number of aromatic amines is 1. The maximum Gasteiger partial charge on any atom is 0.274 e. The first-order chi connectivity index (χ1) is 13.7. The lowest BCUT2D eigenvalue weighted by Crippen LogP contribution is -2.14. The Morgan fingerprint density at radius 2 is 1.89 bits per heavy atom. The SMILES string of the molecule is O=C(Nc1cccc(Cc2nnn[nH]2)c1)c1cccc(-c2cccc(F)c2)n1. The molecule has 28 heavy (non-hydrogen) atoms. The van der Waals surface area contributed by atoms with Crippen molar-refractivity contribution in [2.75, 3.05) is 5.32 Å². The summed E-state index contributed by atoms with van der Waals surface area (Å²) in [5, 5.41) is 16.5. The van der Waals surface area contributed by atoms with Gasteiger partial charge in [0, 0.05) is 17.7 Å². The predicted molar refractivity (Wildman–Crippen MR) is 101 cm³/mol. The Labute approximate surface area is 159 Å². The number of hydrogen-bond acceptors (Lipinski definition) is 5. The van der Waals surface area contributed by atoms with Crippen molar-refractivity contribution >= 4 is 11.6 Å². The summed E-state index contributed by atoms with van der Waals surface area (Å²) in [4.78, 5) is 17.0. The number of benzene rings is 2. The molecular weight excluding hydrogens is 359 g/mol. The third-order valence-corrected chi connectivity index (χ3v) is 4.05. The summed E-state index contributed by atoms with van der Waals surface area (Å²) in [6.45, 7) is 0. The van der Waals surface area contributed by atoms with Crippen LogP contribution in [0.1, 0.15) is 21.9 Å². The quantitative estimate of drug-likeness (QED) is 0.559. The van der Waals surface area contributed by atoms with Gasteiger partial charge in [-0.2, -0.15) is 0 Å². The number of H-pyrrole nitrogens is 1. The standard InChI is InChI=1S/C20H15FN6O/c21-15-6-2-5-14(12-15)17-8-3-9-18(23-17)20(28)22-16-7-1-4-13(10-16)11-19-24-26-27-25-19/h1-10,12H,11H2,(H,22,28)(H,24,25,26,27). The van der Waals surface area contributed by atoms with Crippen molar-refractivity contribution in [1.82, 2.24) is 25.6 Å². The van der Waals surface area contributed by atoms with Crippen LogP contribution in [-0.2, 0) is 6.42 Å². The van der Waals surface area contributed by atoms with Gasteiger partial charge in [0.15, 0.2) is 5.82 Å². The molecule has 0 unspecified atom stereocenters. The Balaban J connectivity index is 1.52. The van der Waals surface area contributed by atoms with Crippen molar-refractivity contribution in [3.8, 4) is 11.3 Å². The molecule has 0 bridgehead atoms. The fourth-order valence-corrected chi connectivity index (χ4v) is 2.77. The number of tetrazole rings is 1. The van der Waals surface area contributed by atoms with Crippen molar-refractivity contribution in [3.63, 3.8) is 0 Å². The first-order valence-electron chi connectivity index (χ1n) is 8.53. The van der Waals surface area contributed by atoms with Crippen molar-refractivity contribution in [2.45, 2.75) is 6.42 Å². The summed E-state index contributed by atoms with van der Waals surface area (Å²) in [5.41, 5.74) is 2.95. The second-order valence-corrected chi connectivity index (χ2v) is 6.10. The van der Waals surface area contributed by atoms with Crippen molar-refractivity contribution < 1.29 is 9.18 Å². The Morgan fingerprint density at radius 1 is 1.04 bits per heavy atom. The molecule has 8 heteroatoms. The second-order valence-electron chi connectivity index (χ2n) is 6.10. The molecule has 0 saturated heterocycles. The van der Waals surface area contributed by atoms with E-state index in [4.69, 9.17) is 0 Å². The van der Waals surface area contributed by atoms with Gasteiger partial charge >= 0.3 is 0 Å². The number of rotatable bonds is 5. The number of nitrogens with zero attached hydrogens (tertiary/aromatic N) is 4. The van der Waals surface area contributed by atoms with E-state index in [0.717, 1.165) is 5.56 Å². The van der Waals surface area contributed by atoms with Crippen LogP contribution in [-0.4, -0.2) is 31.5 Å². The van der Waals surface area contributed by atoms with Crippen LogP contribution in [0.5, 0.6) is 0 Å². The Morgan fingerprint density at radius 3 is 2.71 bits per heavy atom. The normalized spacial score (nSPS) is 10.6. The van der Waals surface area contributed by atoms with E-state index in [0.29, 0.717) is 29.2 Å². The molecule has 0 aliphatic heterocycles. The van der Waals surface area contributed by atoms with E-state index in [9.17, 15) is 9.18 Å². The van der Waals surface area contributed by atoms with E-state index in [1.807, 2.05) is 18.2 Å². The third-order valence-electron chi connectivity index (χ3n) is 4.05. The summed E-state index contributed by atoms with van der Waals surface area (Å²) in [6.07, 6.45) is 0.518. The predicted octanol–water partition coefficient (Wildman–Crippen LogP) is 3.24. The van der Waals surface area contributed by atoms with Gasteiger partial charge in [0.05, 0.1) is 5.69 Å². The first-order valence-corrected chi connectivity index (χ1v) is 8.53. The van der Waals surface area contributed by atoms with Gasteiger partial charge in [-0.3, -0.25) is 4.79 Å². The number of carbonyl (C=O) groups excluding carboxylic acids is 1. The summed E-state index contributed by atoms with van der Waals surface area (Å²) < 4.78 is 13.5. The summed E-state index contributed by atoms with van der Waals surface area (Å²) in [6, 6.07) is 18.5. The number of hydrogen-bond donors (Lipinski definition) is 2. The molecule has 0 spiro atoms. The minimum absolute atomic E-state index is 0.242. The number of carbonyl (C=O) groups is 1. The molecule has 0 radical (unpaired) electrons.